The summed E-state index contributed by atoms with van der Waals surface area (Å²) in [6, 6.07) is 3.66. The molecule has 3 fully saturated rings. The van der Waals surface area contributed by atoms with Crippen molar-refractivity contribution in [2.75, 3.05) is 19.8 Å². The molecule has 1 saturated heterocycles. The monoisotopic (exact) mass is 289 g/mol. The van der Waals surface area contributed by atoms with Gasteiger partial charge in [-0.15, -0.1) is 0 Å². The molecule has 4 heteroatoms. The van der Waals surface area contributed by atoms with E-state index in [1.807, 2.05) is 0 Å². The van der Waals surface area contributed by atoms with Gasteiger partial charge in [-0.2, -0.15) is 5.10 Å². The Bertz CT molecular complexity index is 468. The topological polar surface area (TPSA) is 39.1 Å². The predicted octanol–water partition coefficient (Wildman–Crippen LogP) is 2.70. The Morgan fingerprint density at radius 3 is 2.86 bits per heavy atom. The van der Waals surface area contributed by atoms with Crippen LogP contribution in [0.4, 0.5) is 0 Å². The molecule has 0 amide bonds. The Labute approximate surface area is 127 Å². The molecule has 1 N–H and O–H groups in total. The van der Waals surface area contributed by atoms with Crippen LogP contribution in [-0.2, 0) is 11.2 Å². The van der Waals surface area contributed by atoms with Crippen LogP contribution in [0, 0.1) is 5.41 Å². The summed E-state index contributed by atoms with van der Waals surface area (Å²) in [7, 11) is 0. The van der Waals surface area contributed by atoms with Crippen molar-refractivity contribution in [2.24, 2.45) is 5.41 Å². The fraction of sp³-hybridized carbons (Fsp3) is 0.824. The first-order valence-corrected chi connectivity index (χ1v) is 8.68. The van der Waals surface area contributed by atoms with Gasteiger partial charge >= 0.3 is 0 Å². The van der Waals surface area contributed by atoms with Crippen LogP contribution in [0.15, 0.2) is 12.3 Å². The van der Waals surface area contributed by atoms with E-state index >= 15 is 0 Å². The molecule has 1 aromatic rings. The van der Waals surface area contributed by atoms with Crippen LogP contribution in [0.5, 0.6) is 0 Å². The van der Waals surface area contributed by atoms with Gasteiger partial charge in [0.25, 0.3) is 0 Å². The summed E-state index contributed by atoms with van der Waals surface area (Å²) in [6.45, 7) is 2.90. The molecule has 0 aromatic carbocycles. The van der Waals surface area contributed by atoms with Crippen molar-refractivity contribution in [3.05, 3.63) is 18.0 Å². The average molecular weight is 289 g/mol. The van der Waals surface area contributed by atoms with Gasteiger partial charge in [0.15, 0.2) is 0 Å². The molecule has 2 aliphatic carbocycles. The molecular formula is C17H27N3O. The van der Waals surface area contributed by atoms with Crippen molar-refractivity contribution in [2.45, 2.75) is 63.5 Å². The van der Waals surface area contributed by atoms with Gasteiger partial charge in [0.2, 0.25) is 0 Å². The molecule has 2 saturated carbocycles. The zero-order valence-electron chi connectivity index (χ0n) is 12.9. The number of hydrogen-bond acceptors (Lipinski definition) is 3. The summed E-state index contributed by atoms with van der Waals surface area (Å²) in [5, 5.41) is 8.58. The first-order valence-electron chi connectivity index (χ1n) is 8.68. The summed E-state index contributed by atoms with van der Waals surface area (Å²) in [6.07, 6.45) is 12.5. The second-order valence-electron chi connectivity index (χ2n) is 7.36. The molecule has 0 spiro atoms. The van der Waals surface area contributed by atoms with Crippen molar-refractivity contribution in [1.29, 1.82) is 0 Å². The first kappa shape index (κ1) is 13.8. The van der Waals surface area contributed by atoms with E-state index in [4.69, 9.17) is 9.84 Å². The lowest BCUT2D eigenvalue weighted by atomic mass is 9.82. The van der Waals surface area contributed by atoms with Gasteiger partial charge in [-0.05, 0) is 38.2 Å². The van der Waals surface area contributed by atoms with Gasteiger partial charge in [0.05, 0.1) is 18.3 Å². The fourth-order valence-electron chi connectivity index (χ4n) is 3.87. The predicted molar refractivity (Wildman–Crippen MR) is 82.3 cm³/mol. The summed E-state index contributed by atoms with van der Waals surface area (Å²) in [4.78, 5) is 0. The molecule has 0 radical (unpaired) electrons. The zero-order valence-corrected chi connectivity index (χ0v) is 12.9. The van der Waals surface area contributed by atoms with Crippen molar-refractivity contribution < 1.29 is 4.74 Å². The SMILES string of the molecule is c1cn(C2CCCC2)nc1CC1(CNC2CC2)CCOC1. The van der Waals surface area contributed by atoms with Crippen molar-refractivity contribution in [3.8, 4) is 0 Å². The first-order chi connectivity index (χ1) is 10.3. The molecule has 4 rings (SSSR count). The largest absolute Gasteiger partial charge is 0.381 e. The standard InChI is InChI=1S/C17H27N3O/c1-2-4-16(3-1)20-9-7-15(19-20)11-17(8-10-21-13-17)12-18-14-5-6-14/h7,9,14,16,18H,1-6,8,10-13H2. The smallest absolute Gasteiger partial charge is 0.0631 e. The van der Waals surface area contributed by atoms with Crippen LogP contribution in [-0.4, -0.2) is 35.6 Å². The third-order valence-corrected chi connectivity index (χ3v) is 5.45. The molecule has 2 heterocycles. The number of ether oxygens (including phenoxy) is 1. The van der Waals surface area contributed by atoms with Gasteiger partial charge < -0.3 is 10.1 Å². The van der Waals surface area contributed by atoms with E-state index in [-0.39, 0.29) is 5.41 Å². The number of rotatable bonds is 6. The highest BCUT2D eigenvalue weighted by Crippen LogP contribution is 2.34. The molecule has 0 bridgehead atoms. The molecule has 1 aliphatic heterocycles. The van der Waals surface area contributed by atoms with Gasteiger partial charge in [-0.25, -0.2) is 0 Å². The Balaban J connectivity index is 1.42. The van der Waals surface area contributed by atoms with E-state index < -0.39 is 0 Å². The third kappa shape index (κ3) is 3.16. The third-order valence-electron chi connectivity index (χ3n) is 5.45. The minimum absolute atomic E-state index is 0.275. The van der Waals surface area contributed by atoms with E-state index in [1.165, 1.54) is 50.6 Å². The van der Waals surface area contributed by atoms with Gasteiger partial charge in [0.1, 0.15) is 0 Å². The minimum atomic E-state index is 0.275. The number of nitrogens with one attached hydrogen (secondary N) is 1. The molecule has 4 nitrogen and oxygen atoms in total. The van der Waals surface area contributed by atoms with Crippen LogP contribution in [0.25, 0.3) is 0 Å². The lowest BCUT2D eigenvalue weighted by molar-refractivity contribution is 0.148. The van der Waals surface area contributed by atoms with Crippen molar-refractivity contribution >= 4 is 0 Å². The van der Waals surface area contributed by atoms with Crippen molar-refractivity contribution in [1.82, 2.24) is 15.1 Å². The molecule has 21 heavy (non-hydrogen) atoms. The van der Waals surface area contributed by atoms with Crippen molar-refractivity contribution in [3.63, 3.8) is 0 Å². The molecule has 1 unspecified atom stereocenters. The van der Waals surface area contributed by atoms with E-state index in [9.17, 15) is 0 Å². The molecule has 3 aliphatic rings. The highest BCUT2D eigenvalue weighted by atomic mass is 16.5. The quantitative estimate of drug-likeness (QED) is 0.875. The Kier molecular flexibility index (Phi) is 3.76. The van der Waals surface area contributed by atoms with E-state index in [0.29, 0.717) is 6.04 Å². The maximum Gasteiger partial charge on any atom is 0.0631 e. The summed E-state index contributed by atoms with van der Waals surface area (Å²) >= 11 is 0. The Morgan fingerprint density at radius 1 is 1.29 bits per heavy atom. The van der Waals surface area contributed by atoms with E-state index in [2.05, 4.69) is 22.3 Å². The van der Waals surface area contributed by atoms with E-state index in [1.54, 1.807) is 0 Å². The second-order valence-corrected chi connectivity index (χ2v) is 7.36. The maximum atomic E-state index is 5.72. The normalized spacial score (nSPS) is 30.3. The van der Waals surface area contributed by atoms with Crippen LogP contribution in [0.3, 0.4) is 0 Å². The van der Waals surface area contributed by atoms with Gasteiger partial charge in [-0.1, -0.05) is 12.8 Å². The minimum Gasteiger partial charge on any atom is -0.381 e. The number of hydrogen-bond donors (Lipinski definition) is 1. The lowest BCUT2D eigenvalue weighted by Gasteiger charge is -2.27. The Hall–Kier alpha value is -0.870. The molecule has 116 valence electrons. The summed E-state index contributed by atoms with van der Waals surface area (Å²) in [5.74, 6) is 0. The van der Waals surface area contributed by atoms with E-state index in [0.717, 1.165) is 32.2 Å². The second kappa shape index (κ2) is 5.73. The highest BCUT2D eigenvalue weighted by molar-refractivity contribution is 5.06. The molecule has 1 aromatic heterocycles. The molecule has 1 atom stereocenters. The molecular weight excluding hydrogens is 262 g/mol. The fourth-order valence-corrected chi connectivity index (χ4v) is 3.87. The lowest BCUT2D eigenvalue weighted by Crippen LogP contribution is -2.37. The Morgan fingerprint density at radius 2 is 2.14 bits per heavy atom. The summed E-state index contributed by atoms with van der Waals surface area (Å²) in [5.41, 5.74) is 1.53. The number of nitrogens with zero attached hydrogens (tertiary/aromatic N) is 2. The summed E-state index contributed by atoms with van der Waals surface area (Å²) < 4.78 is 7.94. The maximum absolute atomic E-state index is 5.72. The highest BCUT2D eigenvalue weighted by Gasteiger charge is 2.37. The van der Waals surface area contributed by atoms with Crippen LogP contribution in [0.2, 0.25) is 0 Å². The van der Waals surface area contributed by atoms with Crippen LogP contribution >= 0.6 is 0 Å². The zero-order chi connectivity index (χ0) is 14.1. The van der Waals surface area contributed by atoms with Gasteiger partial charge in [-0.3, -0.25) is 4.68 Å². The van der Waals surface area contributed by atoms with Crippen LogP contribution < -0.4 is 5.32 Å². The van der Waals surface area contributed by atoms with Crippen LogP contribution in [0.1, 0.15) is 56.7 Å². The van der Waals surface area contributed by atoms with Gasteiger partial charge in [0, 0.05) is 37.2 Å². The number of aromatic nitrogens is 2. The average Bonchev–Trinajstić information content (AvgIpc) is 2.92.